The van der Waals surface area contributed by atoms with Gasteiger partial charge in [-0.3, -0.25) is 0 Å². The smallest absolute Gasteiger partial charge is 0.423 e. The van der Waals surface area contributed by atoms with Crippen LogP contribution in [0.15, 0.2) is 91.0 Å². The predicted octanol–water partition coefficient (Wildman–Crippen LogP) is 5.01. The third-order valence-corrected chi connectivity index (χ3v) is 6.28. The van der Waals surface area contributed by atoms with Crippen LogP contribution in [0.4, 0.5) is 0 Å². The average Bonchev–Trinajstić information content (AvgIpc) is 3.01. The Labute approximate surface area is 177 Å². The van der Waals surface area contributed by atoms with Crippen molar-refractivity contribution >= 4 is 12.6 Å². The molecule has 0 amide bonds. The Bertz CT molecular complexity index is 1240. The number of hydrogen-bond acceptors (Lipinski definition) is 2. The average molecular weight is 390 g/mol. The van der Waals surface area contributed by atoms with Crippen LogP contribution in [0.1, 0.15) is 25.0 Å². The van der Waals surface area contributed by atoms with Gasteiger partial charge in [-0.15, -0.1) is 0 Å². The van der Waals surface area contributed by atoms with Crippen molar-refractivity contribution in [2.45, 2.75) is 19.3 Å². The highest BCUT2D eigenvalue weighted by Gasteiger charge is 2.35. The van der Waals surface area contributed by atoms with Gasteiger partial charge in [0.15, 0.2) is 0 Å². The zero-order chi connectivity index (χ0) is 20.9. The minimum Gasteiger partial charge on any atom is -0.423 e. The van der Waals surface area contributed by atoms with E-state index in [1.54, 1.807) is 0 Å². The molecule has 0 saturated heterocycles. The molecule has 2 N–H and O–H groups in total. The van der Waals surface area contributed by atoms with Crippen LogP contribution in [0.25, 0.3) is 33.4 Å². The van der Waals surface area contributed by atoms with Gasteiger partial charge < -0.3 is 10.0 Å². The molecule has 0 aromatic heterocycles. The minimum atomic E-state index is -1.51. The lowest BCUT2D eigenvalue weighted by Gasteiger charge is -2.22. The molecule has 0 bridgehead atoms. The van der Waals surface area contributed by atoms with Gasteiger partial charge in [-0.05, 0) is 62.1 Å². The van der Waals surface area contributed by atoms with Gasteiger partial charge in [-0.2, -0.15) is 0 Å². The molecule has 0 fully saturated rings. The Morgan fingerprint density at radius 1 is 0.567 bits per heavy atom. The van der Waals surface area contributed by atoms with Crippen molar-refractivity contribution in [2.75, 3.05) is 0 Å². The van der Waals surface area contributed by atoms with Gasteiger partial charge in [0, 0.05) is 5.41 Å². The molecular formula is C27H23BO2. The highest BCUT2D eigenvalue weighted by Crippen LogP contribution is 2.49. The molecule has 30 heavy (non-hydrogen) atoms. The van der Waals surface area contributed by atoms with Gasteiger partial charge >= 0.3 is 7.12 Å². The largest absolute Gasteiger partial charge is 0.488 e. The van der Waals surface area contributed by atoms with Gasteiger partial charge in [0.2, 0.25) is 0 Å². The lowest BCUT2D eigenvalue weighted by molar-refractivity contribution is 0.426. The number of rotatable bonds is 3. The molecule has 4 aromatic rings. The summed E-state index contributed by atoms with van der Waals surface area (Å²) in [6.45, 7) is 4.54. The van der Waals surface area contributed by atoms with Crippen molar-refractivity contribution in [1.29, 1.82) is 0 Å². The number of hydrogen-bond donors (Lipinski definition) is 2. The van der Waals surface area contributed by atoms with Crippen molar-refractivity contribution in [3.63, 3.8) is 0 Å². The highest BCUT2D eigenvalue weighted by atomic mass is 16.4. The van der Waals surface area contributed by atoms with Crippen molar-refractivity contribution in [3.8, 4) is 33.4 Å². The van der Waals surface area contributed by atoms with Crippen LogP contribution >= 0.6 is 0 Å². The summed E-state index contributed by atoms with van der Waals surface area (Å²) in [6, 6.07) is 31.1. The van der Waals surface area contributed by atoms with Crippen LogP contribution in [0.5, 0.6) is 0 Å². The van der Waals surface area contributed by atoms with Crippen molar-refractivity contribution in [2.24, 2.45) is 0 Å². The molecule has 0 aliphatic heterocycles. The Balaban J connectivity index is 1.67. The molecule has 0 spiro atoms. The lowest BCUT2D eigenvalue weighted by Crippen LogP contribution is -2.30. The zero-order valence-electron chi connectivity index (χ0n) is 17.1. The Hall–Kier alpha value is -3.14. The summed E-state index contributed by atoms with van der Waals surface area (Å²) >= 11 is 0. The summed E-state index contributed by atoms with van der Waals surface area (Å²) in [5.74, 6) is 0. The van der Waals surface area contributed by atoms with Crippen LogP contribution in [-0.4, -0.2) is 17.2 Å². The lowest BCUT2D eigenvalue weighted by atomic mass is 9.77. The third-order valence-electron chi connectivity index (χ3n) is 6.28. The summed E-state index contributed by atoms with van der Waals surface area (Å²) in [5.41, 5.74) is 9.74. The van der Waals surface area contributed by atoms with E-state index in [1.165, 1.54) is 22.3 Å². The van der Waals surface area contributed by atoms with Crippen molar-refractivity contribution in [1.82, 2.24) is 0 Å². The second-order valence-electron chi connectivity index (χ2n) is 8.51. The van der Waals surface area contributed by atoms with E-state index in [4.69, 9.17) is 0 Å². The van der Waals surface area contributed by atoms with Crippen LogP contribution in [0, 0.1) is 0 Å². The van der Waals surface area contributed by atoms with E-state index in [-0.39, 0.29) is 5.41 Å². The summed E-state index contributed by atoms with van der Waals surface area (Å²) in [4.78, 5) is 0. The molecule has 0 heterocycles. The summed E-state index contributed by atoms with van der Waals surface area (Å²) in [5, 5.41) is 19.8. The summed E-state index contributed by atoms with van der Waals surface area (Å²) in [6.07, 6.45) is 0. The molecule has 0 radical (unpaired) electrons. The number of benzene rings is 4. The van der Waals surface area contributed by atoms with Gasteiger partial charge in [-0.1, -0.05) is 92.7 Å². The summed E-state index contributed by atoms with van der Waals surface area (Å²) in [7, 11) is -1.51. The normalized spacial score (nSPS) is 13.6. The van der Waals surface area contributed by atoms with Crippen LogP contribution in [-0.2, 0) is 5.41 Å². The maximum absolute atomic E-state index is 9.88. The van der Waals surface area contributed by atoms with Gasteiger partial charge in [-0.25, -0.2) is 0 Å². The molecule has 0 saturated carbocycles. The molecule has 3 heteroatoms. The third kappa shape index (κ3) is 2.99. The van der Waals surface area contributed by atoms with Crippen LogP contribution in [0.3, 0.4) is 0 Å². The molecule has 1 aliphatic carbocycles. The van der Waals surface area contributed by atoms with E-state index in [0.717, 1.165) is 22.3 Å². The number of fused-ring (bicyclic) bond motifs is 3. The molecular weight excluding hydrogens is 367 g/mol. The molecule has 0 atom stereocenters. The van der Waals surface area contributed by atoms with E-state index in [1.807, 2.05) is 42.5 Å². The van der Waals surface area contributed by atoms with Crippen LogP contribution < -0.4 is 5.46 Å². The maximum atomic E-state index is 9.88. The van der Waals surface area contributed by atoms with E-state index in [2.05, 4.69) is 62.4 Å². The molecule has 146 valence electrons. The second-order valence-corrected chi connectivity index (χ2v) is 8.51. The Morgan fingerprint density at radius 3 is 1.93 bits per heavy atom. The quantitative estimate of drug-likeness (QED) is 0.483. The molecule has 1 aliphatic rings. The fourth-order valence-corrected chi connectivity index (χ4v) is 4.65. The van der Waals surface area contributed by atoms with Crippen molar-refractivity contribution in [3.05, 3.63) is 102 Å². The topological polar surface area (TPSA) is 40.5 Å². The first kappa shape index (κ1) is 18.9. The molecule has 0 unspecified atom stereocenters. The van der Waals surface area contributed by atoms with Gasteiger partial charge in [0.1, 0.15) is 0 Å². The second kappa shape index (κ2) is 6.98. The van der Waals surface area contributed by atoms with Crippen molar-refractivity contribution < 1.29 is 10.0 Å². The van der Waals surface area contributed by atoms with Crippen LogP contribution in [0.2, 0.25) is 0 Å². The standard InChI is InChI=1S/C27H23BO2/c1-27(2)25-11-7-6-10-23(25)24-13-12-19(17-26(24)27)21-14-20(15-22(16-21)28(29)30)18-8-4-3-5-9-18/h3-17,29-30H,1-2H3. The fourth-order valence-electron chi connectivity index (χ4n) is 4.65. The maximum Gasteiger partial charge on any atom is 0.488 e. The predicted molar refractivity (Wildman–Crippen MR) is 125 cm³/mol. The first-order valence-corrected chi connectivity index (χ1v) is 10.3. The fraction of sp³-hybridized carbons (Fsp3) is 0.111. The first-order chi connectivity index (χ1) is 14.4. The molecule has 5 rings (SSSR count). The molecule has 4 aromatic carbocycles. The molecule has 2 nitrogen and oxygen atoms in total. The minimum absolute atomic E-state index is 0.0711. The Morgan fingerprint density at radius 2 is 1.20 bits per heavy atom. The SMILES string of the molecule is CC1(C)c2ccccc2-c2ccc(-c3cc(B(O)O)cc(-c4ccccc4)c3)cc21. The van der Waals surface area contributed by atoms with E-state index < -0.39 is 7.12 Å². The first-order valence-electron chi connectivity index (χ1n) is 10.3. The monoisotopic (exact) mass is 390 g/mol. The van der Waals surface area contributed by atoms with Gasteiger partial charge in [0.05, 0.1) is 0 Å². The zero-order valence-corrected chi connectivity index (χ0v) is 17.1. The summed E-state index contributed by atoms with van der Waals surface area (Å²) < 4.78 is 0. The van der Waals surface area contributed by atoms with E-state index in [0.29, 0.717) is 5.46 Å². The highest BCUT2D eigenvalue weighted by molar-refractivity contribution is 6.58. The van der Waals surface area contributed by atoms with E-state index in [9.17, 15) is 10.0 Å². The Kier molecular flexibility index (Phi) is 4.39. The van der Waals surface area contributed by atoms with E-state index >= 15 is 0 Å². The van der Waals surface area contributed by atoms with Gasteiger partial charge in [0.25, 0.3) is 0 Å².